The molecule has 15 heteroatoms. The predicted octanol–water partition coefficient (Wildman–Crippen LogP) is 6.96. The Balaban J connectivity index is 0.940. The van der Waals surface area contributed by atoms with Crippen molar-refractivity contribution < 1.29 is 24.9 Å². The van der Waals surface area contributed by atoms with Gasteiger partial charge in [-0.05, 0) is 119 Å². The number of ether oxygens (including phenoxy) is 1. The van der Waals surface area contributed by atoms with Gasteiger partial charge in [-0.25, -0.2) is 14.8 Å². The number of nitrogens with one attached hydrogen (secondary N) is 2. The monoisotopic (exact) mass is 821 g/mol. The van der Waals surface area contributed by atoms with Crippen LogP contribution in [-0.4, -0.2) is 95.8 Å². The normalized spacial score (nSPS) is 26.4. The van der Waals surface area contributed by atoms with E-state index >= 15 is 0 Å². The van der Waals surface area contributed by atoms with Gasteiger partial charge in [-0.3, -0.25) is 4.68 Å². The number of carboxylic acid groups (broad SMARTS) is 1. The van der Waals surface area contributed by atoms with Gasteiger partial charge in [-0.1, -0.05) is 37.3 Å². The van der Waals surface area contributed by atoms with E-state index in [9.17, 15) is 15.0 Å². The molecule has 4 saturated carbocycles. The van der Waals surface area contributed by atoms with Crippen LogP contribution in [0.5, 0.6) is 0 Å². The summed E-state index contributed by atoms with van der Waals surface area (Å²) in [5.74, 6) is 0.782. The highest BCUT2D eigenvalue weighted by Gasteiger charge is 2.66. The summed E-state index contributed by atoms with van der Waals surface area (Å²) in [5.41, 5.74) is 5.36. The maximum atomic E-state index is 12.9. The Labute approximate surface area is 348 Å². The van der Waals surface area contributed by atoms with Crippen molar-refractivity contribution in [2.45, 2.75) is 104 Å². The van der Waals surface area contributed by atoms with Gasteiger partial charge in [0, 0.05) is 47.6 Å². The summed E-state index contributed by atoms with van der Waals surface area (Å²) in [7, 11) is 0. The molecule has 5 aromatic rings. The van der Waals surface area contributed by atoms with Crippen LogP contribution in [0.2, 0.25) is 0 Å². The average molecular weight is 822 g/mol. The van der Waals surface area contributed by atoms with Crippen LogP contribution in [0.4, 0.5) is 22.6 Å². The van der Waals surface area contributed by atoms with Crippen molar-refractivity contribution in [2.24, 2.45) is 16.2 Å². The molecule has 59 heavy (non-hydrogen) atoms. The van der Waals surface area contributed by atoms with Crippen molar-refractivity contribution in [3.8, 4) is 11.1 Å². The smallest absolute Gasteiger partial charge is 0.355 e. The van der Waals surface area contributed by atoms with Gasteiger partial charge in [0.2, 0.25) is 0 Å². The number of hydrogen-bond acceptors (Lipinski definition) is 13. The van der Waals surface area contributed by atoms with Crippen LogP contribution in [0.3, 0.4) is 0 Å². The number of carbonyl (C=O) groups is 1. The Hall–Kier alpha value is -4.54. The molecule has 14 nitrogen and oxygen atoms in total. The van der Waals surface area contributed by atoms with E-state index in [2.05, 4.69) is 39.4 Å². The second-order valence-electron chi connectivity index (χ2n) is 18.6. The molecule has 4 aromatic heterocycles. The van der Waals surface area contributed by atoms with E-state index in [0.717, 1.165) is 89.2 Å². The fourth-order valence-corrected chi connectivity index (χ4v) is 13.0. The lowest BCUT2D eigenvalue weighted by Gasteiger charge is -2.69. The molecule has 1 aromatic carbocycles. The van der Waals surface area contributed by atoms with Gasteiger partial charge < -0.3 is 35.6 Å². The number of carboxylic acids is 1. The first-order chi connectivity index (χ1) is 28.3. The van der Waals surface area contributed by atoms with E-state index in [1.807, 2.05) is 55.1 Å². The molecule has 10 rings (SSSR count). The molecule has 0 radical (unpaired) electrons. The molecule has 4 aliphatic carbocycles. The van der Waals surface area contributed by atoms with E-state index in [4.69, 9.17) is 24.9 Å². The number of pyridine rings is 1. The largest absolute Gasteiger partial charge is 0.476 e. The van der Waals surface area contributed by atoms with Gasteiger partial charge in [0.15, 0.2) is 22.5 Å². The number of thiazole rings is 1. The summed E-state index contributed by atoms with van der Waals surface area (Å²) in [6, 6.07) is 11.8. The van der Waals surface area contributed by atoms with Crippen molar-refractivity contribution in [3.63, 3.8) is 0 Å². The number of rotatable bonds is 15. The molecular formula is C44H55N9O5S. The topological polar surface area (TPSA) is 184 Å². The second kappa shape index (κ2) is 15.2. The summed E-state index contributed by atoms with van der Waals surface area (Å²) < 4.78 is 10.0. The van der Waals surface area contributed by atoms with Crippen molar-refractivity contribution in [1.29, 1.82) is 0 Å². The molecule has 312 valence electrons. The molecule has 0 spiro atoms. The van der Waals surface area contributed by atoms with Crippen molar-refractivity contribution >= 4 is 50.1 Å². The molecule has 1 aliphatic heterocycles. The van der Waals surface area contributed by atoms with Crippen molar-refractivity contribution in [1.82, 2.24) is 35.3 Å². The molecule has 3 atom stereocenters. The first kappa shape index (κ1) is 39.9. The van der Waals surface area contributed by atoms with Gasteiger partial charge in [0.1, 0.15) is 5.82 Å². The van der Waals surface area contributed by atoms with E-state index in [-0.39, 0.29) is 34.1 Å². The Morgan fingerprint density at radius 2 is 1.78 bits per heavy atom. The molecule has 5 aliphatic rings. The average Bonchev–Trinajstić information content (AvgIpc) is 3.76. The minimum atomic E-state index is -1.09. The van der Waals surface area contributed by atoms with E-state index < -0.39 is 12.1 Å². The van der Waals surface area contributed by atoms with Gasteiger partial charge in [0.25, 0.3) is 0 Å². The summed E-state index contributed by atoms with van der Waals surface area (Å²) in [4.78, 5) is 24.4. The first-order valence-electron chi connectivity index (χ1n) is 21.0. The summed E-state index contributed by atoms with van der Waals surface area (Å²) in [6.07, 6.45) is 9.80. The summed E-state index contributed by atoms with van der Waals surface area (Å²) in [5, 5.41) is 51.0. The Morgan fingerprint density at radius 3 is 2.54 bits per heavy atom. The first-order valence-corrected chi connectivity index (χ1v) is 21.8. The quantitative estimate of drug-likeness (QED) is 0.0685. The third-order valence-electron chi connectivity index (χ3n) is 13.3. The zero-order chi connectivity index (χ0) is 41.2. The van der Waals surface area contributed by atoms with Gasteiger partial charge in [-0.15, -0.1) is 10.2 Å². The van der Waals surface area contributed by atoms with Crippen LogP contribution in [-0.2, 0) is 17.7 Å². The fourth-order valence-electron chi connectivity index (χ4n) is 12.1. The van der Waals surface area contributed by atoms with Crippen LogP contribution in [0, 0.1) is 30.1 Å². The number of aromatic nitrogens is 6. The molecule has 4 bridgehead atoms. The Bertz CT molecular complexity index is 2350. The molecule has 0 amide bonds. The lowest BCUT2D eigenvalue weighted by Crippen LogP contribution is -2.64. The minimum absolute atomic E-state index is 0.00724. The number of para-hydroxylation sites is 1. The van der Waals surface area contributed by atoms with Crippen LogP contribution in [0.15, 0.2) is 42.6 Å². The minimum Gasteiger partial charge on any atom is -0.476 e. The van der Waals surface area contributed by atoms with E-state index in [1.54, 1.807) is 17.5 Å². The molecule has 2 unspecified atom stereocenters. The summed E-state index contributed by atoms with van der Waals surface area (Å²) in [6.45, 7) is 12.0. The fraction of sp³-hybridized carbons (Fsp3) is 0.545. The van der Waals surface area contributed by atoms with Gasteiger partial charge >= 0.3 is 5.97 Å². The third kappa shape index (κ3) is 7.60. The number of aromatic carboxylic acids is 1. The maximum absolute atomic E-state index is 12.9. The van der Waals surface area contributed by atoms with Crippen molar-refractivity contribution in [3.05, 3.63) is 65.1 Å². The zero-order valence-corrected chi connectivity index (χ0v) is 35.2. The number of fused-ring (bicyclic) bond motifs is 2. The molecule has 0 saturated heterocycles. The van der Waals surface area contributed by atoms with E-state index in [0.29, 0.717) is 55.7 Å². The highest BCUT2D eigenvalue weighted by molar-refractivity contribution is 7.22. The van der Waals surface area contributed by atoms with Gasteiger partial charge in [-0.2, -0.15) is 5.10 Å². The van der Waals surface area contributed by atoms with Crippen LogP contribution >= 0.6 is 11.3 Å². The molecule has 5 N–H and O–H groups in total. The number of hydrogen-bond donors (Lipinski definition) is 5. The number of anilines is 4. The molecule has 4 fully saturated rings. The van der Waals surface area contributed by atoms with Crippen molar-refractivity contribution in [2.75, 3.05) is 43.1 Å². The SMILES string of the molecule is Cc1c(Nc2nc3ccccc3s2)nnc2c1CCCN2c1ccc(-c2cnn(CC34CC5(C)CC(C)(C3)CC(OCCNCC[C@H](O)CO)(C5)C4)c2C)c(C(=O)O)n1. The van der Waals surface area contributed by atoms with Crippen LogP contribution in [0.1, 0.15) is 92.5 Å². The third-order valence-corrected chi connectivity index (χ3v) is 14.3. The van der Waals surface area contributed by atoms with Crippen LogP contribution in [0.25, 0.3) is 21.3 Å². The lowest BCUT2D eigenvalue weighted by atomic mass is 9.39. The van der Waals surface area contributed by atoms with Gasteiger partial charge in [0.05, 0.1) is 41.3 Å². The number of aliphatic hydroxyl groups excluding tert-OH is 2. The Morgan fingerprint density at radius 1 is 0.983 bits per heavy atom. The zero-order valence-electron chi connectivity index (χ0n) is 34.4. The number of nitrogens with zero attached hydrogens (tertiary/aromatic N) is 7. The predicted molar refractivity (Wildman–Crippen MR) is 228 cm³/mol. The molecule has 5 heterocycles. The standard InChI is InChI=1S/C44H55N9O5S/c1-27-30-8-7-16-52(38(30)51-50-37(27)49-40-47-33-9-5-6-10-34(33)59-40)35-12-11-31(36(48-35)39(56)57)32-18-46-53(28(32)2)26-43-21-41(3)20-42(4,22-43)24-44(23-41,25-43)58-17-15-45-14-13-29(55)19-54/h5-6,9-12,18,29,45,54-55H,7-8,13-17,19-26H2,1-4H3,(H,56,57)(H,47,49,50)/t29-,41?,42?,43?,44?/m0/s1. The number of aliphatic hydroxyl groups is 2. The maximum Gasteiger partial charge on any atom is 0.355 e. The molecular weight excluding hydrogens is 767 g/mol. The summed E-state index contributed by atoms with van der Waals surface area (Å²) >= 11 is 1.57. The lowest BCUT2D eigenvalue weighted by molar-refractivity contribution is -0.247. The highest BCUT2D eigenvalue weighted by Crippen LogP contribution is 2.72. The number of benzene rings is 1. The Kier molecular flexibility index (Phi) is 10.3. The van der Waals surface area contributed by atoms with Crippen LogP contribution < -0.4 is 15.5 Å². The van der Waals surface area contributed by atoms with E-state index in [1.165, 1.54) is 6.42 Å². The highest BCUT2D eigenvalue weighted by atomic mass is 32.1. The second-order valence-corrected chi connectivity index (χ2v) is 19.6.